The van der Waals surface area contributed by atoms with Crippen LogP contribution in [-0.2, 0) is 16.2 Å². The Morgan fingerprint density at radius 3 is 1.68 bits per heavy atom. The summed E-state index contributed by atoms with van der Waals surface area (Å²) in [4.78, 5) is 9.52. The fourth-order valence-electron chi connectivity index (χ4n) is 5.10. The number of aromatic nitrogens is 2. The van der Waals surface area contributed by atoms with Crippen LogP contribution in [0.15, 0.2) is 97.2 Å². The first kappa shape index (κ1) is 31.0. The van der Waals surface area contributed by atoms with E-state index < -0.39 is 0 Å². The number of nitrogens with zero attached hydrogens (tertiary/aromatic N) is 2. The van der Waals surface area contributed by atoms with Crippen LogP contribution in [0.4, 0.5) is 0 Å². The third kappa shape index (κ3) is 7.02. The first-order valence-electron chi connectivity index (χ1n) is 15.3. The van der Waals surface area contributed by atoms with Crippen LogP contribution in [0.25, 0.3) is 33.6 Å². The quantitative estimate of drug-likeness (QED) is 0.223. The summed E-state index contributed by atoms with van der Waals surface area (Å²) in [6.07, 6.45) is 1.73. The van der Waals surface area contributed by atoms with E-state index in [2.05, 4.69) is 110 Å². The van der Waals surface area contributed by atoms with Gasteiger partial charge < -0.3 is 9.84 Å². The van der Waals surface area contributed by atoms with E-state index in [0.29, 0.717) is 22.9 Å². The maximum absolute atomic E-state index is 10.9. The van der Waals surface area contributed by atoms with Gasteiger partial charge in [0, 0.05) is 23.4 Å². The smallest absolute Gasteiger partial charge is 0.219 e. The van der Waals surface area contributed by atoms with Crippen molar-refractivity contribution in [1.29, 1.82) is 0 Å². The van der Waals surface area contributed by atoms with Crippen molar-refractivity contribution in [3.05, 3.63) is 114 Å². The molecule has 3 aromatic carbocycles. The maximum atomic E-state index is 10.9. The molecule has 0 spiro atoms. The van der Waals surface area contributed by atoms with Gasteiger partial charge in [-0.3, -0.25) is 0 Å². The second kappa shape index (κ2) is 11.6. The van der Waals surface area contributed by atoms with Gasteiger partial charge in [0.05, 0.1) is 11.4 Å². The summed E-state index contributed by atoms with van der Waals surface area (Å²) in [6.45, 7) is 20.1. The first-order chi connectivity index (χ1) is 20.6. The van der Waals surface area contributed by atoms with Crippen molar-refractivity contribution in [2.75, 3.05) is 0 Å². The summed E-state index contributed by atoms with van der Waals surface area (Å²) in [5.74, 6) is 1.44. The lowest BCUT2D eigenvalue weighted by atomic mass is 9.79. The third-order valence-electron chi connectivity index (χ3n) is 7.93. The summed E-state index contributed by atoms with van der Waals surface area (Å²) in [6, 6.07) is 30.5. The average Bonchev–Trinajstić information content (AvgIpc) is 2.96. The van der Waals surface area contributed by atoms with E-state index >= 15 is 0 Å². The molecular formula is C40H44N2O2. The fraction of sp³-hybridized carbons (Fsp3) is 0.300. The van der Waals surface area contributed by atoms with Crippen molar-refractivity contribution < 1.29 is 9.84 Å². The molecule has 226 valence electrons. The van der Waals surface area contributed by atoms with Crippen molar-refractivity contribution in [3.8, 4) is 51.0 Å². The number of aromatic hydroxyl groups is 1. The number of para-hydroxylation sites is 1. The van der Waals surface area contributed by atoms with E-state index in [1.807, 2.05) is 42.5 Å². The van der Waals surface area contributed by atoms with Crippen LogP contribution in [0.1, 0.15) is 79.0 Å². The predicted octanol–water partition coefficient (Wildman–Crippen LogP) is 10.9. The van der Waals surface area contributed by atoms with E-state index in [1.54, 1.807) is 12.3 Å². The number of rotatable bonds is 5. The summed E-state index contributed by atoms with van der Waals surface area (Å²) >= 11 is 0. The highest BCUT2D eigenvalue weighted by molar-refractivity contribution is 5.79. The molecular weight excluding hydrogens is 540 g/mol. The van der Waals surface area contributed by atoms with Crippen LogP contribution in [0.2, 0.25) is 0 Å². The molecule has 0 amide bonds. The van der Waals surface area contributed by atoms with Gasteiger partial charge in [-0.05, 0) is 92.6 Å². The van der Waals surface area contributed by atoms with Gasteiger partial charge in [-0.2, -0.15) is 0 Å². The van der Waals surface area contributed by atoms with E-state index in [9.17, 15) is 5.11 Å². The molecule has 0 aliphatic heterocycles. The SMILES string of the molecule is CC(C)(C)c1cc(Oc2ccccn2)cc(-c2cc(-c3cc(C(C)(C)C)cc(C(C)(C)C)c3)cc(-c3ccccc3O)n2)c1. The molecule has 2 aromatic heterocycles. The lowest BCUT2D eigenvalue weighted by Gasteiger charge is -2.26. The normalized spacial score (nSPS) is 12.3. The lowest BCUT2D eigenvalue weighted by Crippen LogP contribution is -2.16. The van der Waals surface area contributed by atoms with Gasteiger partial charge in [-0.15, -0.1) is 0 Å². The monoisotopic (exact) mass is 584 g/mol. The average molecular weight is 585 g/mol. The fourth-order valence-corrected chi connectivity index (χ4v) is 5.10. The van der Waals surface area contributed by atoms with Gasteiger partial charge in [0.2, 0.25) is 5.88 Å². The zero-order chi connectivity index (χ0) is 31.9. The van der Waals surface area contributed by atoms with Crippen LogP contribution in [0.5, 0.6) is 17.4 Å². The van der Waals surface area contributed by atoms with E-state index in [1.165, 1.54) is 11.1 Å². The van der Waals surface area contributed by atoms with Crippen molar-refractivity contribution in [2.24, 2.45) is 0 Å². The van der Waals surface area contributed by atoms with Crippen molar-refractivity contribution in [1.82, 2.24) is 9.97 Å². The largest absolute Gasteiger partial charge is 0.507 e. The first-order valence-corrected chi connectivity index (χ1v) is 15.3. The van der Waals surface area contributed by atoms with Crippen molar-refractivity contribution in [3.63, 3.8) is 0 Å². The Morgan fingerprint density at radius 1 is 0.545 bits per heavy atom. The Balaban J connectivity index is 1.77. The summed E-state index contributed by atoms with van der Waals surface area (Å²) in [5.41, 5.74) is 8.82. The second-order valence-electron chi connectivity index (χ2n) is 14.7. The molecule has 0 saturated carbocycles. The second-order valence-corrected chi connectivity index (χ2v) is 14.7. The Labute approximate surface area is 262 Å². The number of phenolic OH excluding ortho intramolecular Hbond substituents is 1. The van der Waals surface area contributed by atoms with E-state index in [-0.39, 0.29) is 22.0 Å². The van der Waals surface area contributed by atoms with Crippen molar-refractivity contribution in [2.45, 2.75) is 78.6 Å². The van der Waals surface area contributed by atoms with Crippen LogP contribution >= 0.6 is 0 Å². The highest BCUT2D eigenvalue weighted by Crippen LogP contribution is 2.39. The number of benzene rings is 3. The minimum Gasteiger partial charge on any atom is -0.507 e. The van der Waals surface area contributed by atoms with Gasteiger partial charge in [0.15, 0.2) is 0 Å². The Kier molecular flexibility index (Phi) is 8.15. The standard InChI is InChI=1S/C40H44N2O2/c1-38(2,3)29-18-26(19-30(24-29)39(4,5)6)27-22-34(42-35(23-27)33-14-10-11-15-36(33)43)28-20-31(40(7,8)9)25-32(21-28)44-37-16-12-13-17-41-37/h10-25,43H,1-9H3. The van der Waals surface area contributed by atoms with Crippen LogP contribution in [-0.4, -0.2) is 15.1 Å². The molecule has 1 N–H and O–H groups in total. The van der Waals surface area contributed by atoms with Crippen LogP contribution < -0.4 is 4.74 Å². The molecule has 4 heteroatoms. The summed E-state index contributed by atoms with van der Waals surface area (Å²) in [7, 11) is 0. The van der Waals surface area contributed by atoms with Gasteiger partial charge >= 0.3 is 0 Å². The minimum absolute atomic E-state index is 0.0227. The zero-order valence-electron chi connectivity index (χ0n) is 27.5. The molecule has 0 aliphatic carbocycles. The molecule has 5 rings (SSSR count). The van der Waals surface area contributed by atoms with E-state index in [4.69, 9.17) is 9.72 Å². The number of hydrogen-bond donors (Lipinski definition) is 1. The molecule has 5 aromatic rings. The maximum Gasteiger partial charge on any atom is 0.219 e. The highest BCUT2D eigenvalue weighted by Gasteiger charge is 2.23. The van der Waals surface area contributed by atoms with E-state index in [0.717, 1.165) is 27.9 Å². The molecule has 4 nitrogen and oxygen atoms in total. The summed E-state index contributed by atoms with van der Waals surface area (Å²) in [5, 5.41) is 10.9. The van der Waals surface area contributed by atoms with Gasteiger partial charge in [0.1, 0.15) is 11.5 Å². The topological polar surface area (TPSA) is 55.2 Å². The number of ether oxygens (including phenoxy) is 1. The molecule has 44 heavy (non-hydrogen) atoms. The third-order valence-corrected chi connectivity index (χ3v) is 7.93. The zero-order valence-corrected chi connectivity index (χ0v) is 27.5. The van der Waals surface area contributed by atoms with Gasteiger partial charge in [0.25, 0.3) is 0 Å². The molecule has 0 fully saturated rings. The van der Waals surface area contributed by atoms with Crippen LogP contribution in [0.3, 0.4) is 0 Å². The van der Waals surface area contributed by atoms with Crippen LogP contribution in [0, 0.1) is 0 Å². The van der Waals surface area contributed by atoms with Crippen molar-refractivity contribution >= 4 is 0 Å². The van der Waals surface area contributed by atoms with Gasteiger partial charge in [-0.25, -0.2) is 9.97 Å². The minimum atomic E-state index is -0.126. The lowest BCUT2D eigenvalue weighted by molar-refractivity contribution is 0.460. The molecule has 0 atom stereocenters. The molecule has 2 heterocycles. The highest BCUT2D eigenvalue weighted by atomic mass is 16.5. The molecule has 0 saturated heterocycles. The Bertz CT molecular complexity index is 1750. The molecule has 0 radical (unpaired) electrons. The number of phenols is 1. The molecule has 0 unspecified atom stereocenters. The predicted molar refractivity (Wildman–Crippen MR) is 183 cm³/mol. The molecule has 0 bridgehead atoms. The Hall–Kier alpha value is -4.44. The molecule has 0 aliphatic rings. The van der Waals surface area contributed by atoms with Gasteiger partial charge in [-0.1, -0.05) is 98.7 Å². The number of hydrogen-bond acceptors (Lipinski definition) is 4. The number of pyridine rings is 2. The summed E-state index contributed by atoms with van der Waals surface area (Å²) < 4.78 is 6.25. The Morgan fingerprint density at radius 2 is 1.09 bits per heavy atom.